The third kappa shape index (κ3) is 7.01. The number of nitrogens with one attached hydrogen (secondary N) is 2. The van der Waals surface area contributed by atoms with Crippen LogP contribution in [0.25, 0.3) is 0 Å². The summed E-state index contributed by atoms with van der Waals surface area (Å²) in [5.41, 5.74) is 2.11. The van der Waals surface area contributed by atoms with Gasteiger partial charge in [0, 0.05) is 17.0 Å². The fraction of sp³-hybridized carbons (Fsp3) is 0.310. The molecule has 0 aromatic heterocycles. The van der Waals surface area contributed by atoms with Gasteiger partial charge in [0.1, 0.15) is 0 Å². The molecular formula is C29H32N2O9S. The van der Waals surface area contributed by atoms with Crippen LogP contribution in [-0.4, -0.2) is 52.1 Å². The summed E-state index contributed by atoms with van der Waals surface area (Å²) in [6, 6.07) is 10.8. The van der Waals surface area contributed by atoms with E-state index in [0.717, 1.165) is 0 Å². The lowest BCUT2D eigenvalue weighted by molar-refractivity contribution is -0.139. The van der Waals surface area contributed by atoms with Crippen molar-refractivity contribution in [2.45, 2.75) is 45.4 Å². The molecule has 0 spiro atoms. The largest absolute Gasteiger partial charge is 0.463 e. The summed E-state index contributed by atoms with van der Waals surface area (Å²) in [5.74, 6) is -3.57. The molecular weight excluding hydrogens is 552 g/mol. The van der Waals surface area contributed by atoms with Crippen molar-refractivity contribution in [3.63, 3.8) is 0 Å². The van der Waals surface area contributed by atoms with Gasteiger partial charge in [0.25, 0.3) is 15.9 Å². The molecule has 11 nitrogen and oxygen atoms in total. The molecule has 3 rings (SSSR count). The normalized spacial score (nSPS) is 13.8. The Labute approximate surface area is 238 Å². The van der Waals surface area contributed by atoms with Crippen molar-refractivity contribution in [1.82, 2.24) is 10.0 Å². The van der Waals surface area contributed by atoms with Crippen molar-refractivity contribution in [1.29, 1.82) is 0 Å². The molecule has 0 saturated heterocycles. The van der Waals surface area contributed by atoms with Gasteiger partial charge in [-0.1, -0.05) is 12.1 Å². The number of ether oxygens (including phenoxy) is 3. The number of benzene rings is 2. The van der Waals surface area contributed by atoms with Crippen molar-refractivity contribution in [2.24, 2.45) is 0 Å². The van der Waals surface area contributed by atoms with Crippen LogP contribution in [0.3, 0.4) is 0 Å². The third-order valence-electron chi connectivity index (χ3n) is 6.16. The SMILES string of the molecule is CCOC(=O)C1=C(C)NC(C)=C(C(=O)OCC)C1c1ccc(C(=O)NS(=O)(=O)c2ccc(C(=O)OCC)cc2)cc1. The molecule has 0 fully saturated rings. The number of hydrogen-bond acceptors (Lipinski definition) is 10. The van der Waals surface area contributed by atoms with Crippen LogP contribution in [0, 0.1) is 0 Å². The first-order valence-corrected chi connectivity index (χ1v) is 14.4. The summed E-state index contributed by atoms with van der Waals surface area (Å²) >= 11 is 0. The Balaban J connectivity index is 1.90. The van der Waals surface area contributed by atoms with E-state index < -0.39 is 39.8 Å². The van der Waals surface area contributed by atoms with E-state index in [9.17, 15) is 27.6 Å². The highest BCUT2D eigenvalue weighted by molar-refractivity contribution is 7.90. The number of rotatable bonds is 10. The standard InChI is InChI=1S/C29H32N2O9S/c1-6-38-27(33)21-13-15-22(16-14-21)41(36,37)31-26(32)20-11-9-19(10-12-20)25-23(28(34)39-7-2)17(4)30-18(5)24(25)29(35)40-8-3/h9-16,25,30H,6-8H2,1-5H3,(H,31,32). The highest BCUT2D eigenvalue weighted by Gasteiger charge is 2.38. The van der Waals surface area contributed by atoms with E-state index in [4.69, 9.17) is 14.2 Å². The number of carbonyl (C=O) groups excluding carboxylic acids is 4. The minimum absolute atomic E-state index is 0.0196. The molecule has 0 radical (unpaired) electrons. The Morgan fingerprint density at radius 2 is 1.15 bits per heavy atom. The fourth-order valence-corrected chi connectivity index (χ4v) is 5.31. The van der Waals surface area contributed by atoms with E-state index in [1.165, 1.54) is 48.5 Å². The fourth-order valence-electron chi connectivity index (χ4n) is 4.34. The topological polar surface area (TPSA) is 154 Å². The zero-order chi connectivity index (χ0) is 30.3. The molecule has 0 bridgehead atoms. The van der Waals surface area contributed by atoms with Crippen LogP contribution in [0.2, 0.25) is 0 Å². The van der Waals surface area contributed by atoms with Crippen molar-refractivity contribution >= 4 is 33.8 Å². The molecule has 2 N–H and O–H groups in total. The van der Waals surface area contributed by atoms with Gasteiger partial charge in [-0.2, -0.15) is 0 Å². The molecule has 1 aliphatic heterocycles. The number of allylic oxidation sites excluding steroid dienone is 2. The second kappa shape index (κ2) is 13.3. The van der Waals surface area contributed by atoms with Crippen LogP contribution in [0.4, 0.5) is 0 Å². The summed E-state index contributed by atoms with van der Waals surface area (Å²) in [7, 11) is -4.26. The lowest BCUT2D eigenvalue weighted by Gasteiger charge is -2.30. The van der Waals surface area contributed by atoms with Crippen molar-refractivity contribution in [2.75, 3.05) is 19.8 Å². The summed E-state index contributed by atoms with van der Waals surface area (Å²) < 4.78 is 43.0. The molecule has 0 saturated carbocycles. The Morgan fingerprint density at radius 3 is 1.61 bits per heavy atom. The quantitative estimate of drug-likeness (QED) is 0.314. The molecule has 2 aromatic rings. The van der Waals surface area contributed by atoms with Crippen molar-refractivity contribution < 1.29 is 41.8 Å². The van der Waals surface area contributed by atoms with E-state index >= 15 is 0 Å². The van der Waals surface area contributed by atoms with Gasteiger partial charge in [-0.15, -0.1) is 0 Å². The van der Waals surface area contributed by atoms with Crippen LogP contribution < -0.4 is 10.0 Å². The van der Waals surface area contributed by atoms with E-state index in [0.29, 0.717) is 17.0 Å². The molecule has 1 amide bonds. The number of dihydropyridines is 1. The molecule has 0 atom stereocenters. The Morgan fingerprint density at radius 1 is 0.707 bits per heavy atom. The van der Waals surface area contributed by atoms with E-state index in [1.54, 1.807) is 34.6 Å². The summed E-state index contributed by atoms with van der Waals surface area (Å²) in [4.78, 5) is 50.3. The van der Waals surface area contributed by atoms with Crippen LogP contribution in [-0.2, 0) is 33.8 Å². The lowest BCUT2D eigenvalue weighted by Crippen LogP contribution is -2.33. The average molecular weight is 585 g/mol. The van der Waals surface area contributed by atoms with Crippen LogP contribution >= 0.6 is 0 Å². The molecule has 218 valence electrons. The number of hydrogen-bond donors (Lipinski definition) is 2. The molecule has 0 aliphatic carbocycles. The predicted molar refractivity (Wildman–Crippen MR) is 148 cm³/mol. The Kier molecular flexibility index (Phi) is 10.1. The van der Waals surface area contributed by atoms with E-state index in [-0.39, 0.29) is 47.0 Å². The monoisotopic (exact) mass is 584 g/mol. The van der Waals surface area contributed by atoms with Gasteiger partial charge in [-0.25, -0.2) is 27.5 Å². The first-order valence-electron chi connectivity index (χ1n) is 12.9. The molecule has 41 heavy (non-hydrogen) atoms. The van der Waals surface area contributed by atoms with Gasteiger partial charge in [-0.3, -0.25) is 4.79 Å². The lowest BCUT2D eigenvalue weighted by atomic mass is 9.80. The minimum Gasteiger partial charge on any atom is -0.463 e. The second-order valence-electron chi connectivity index (χ2n) is 8.88. The first-order chi connectivity index (χ1) is 19.4. The van der Waals surface area contributed by atoms with E-state index in [1.807, 2.05) is 4.72 Å². The number of esters is 3. The summed E-state index contributed by atoms with van der Waals surface area (Å²) in [5, 5.41) is 3.05. The van der Waals surface area contributed by atoms with Crippen molar-refractivity contribution in [3.05, 3.63) is 87.8 Å². The summed E-state index contributed by atoms with van der Waals surface area (Å²) in [6.07, 6.45) is 0. The zero-order valence-corrected chi connectivity index (χ0v) is 24.2. The first kappa shape index (κ1) is 31.1. The second-order valence-corrected chi connectivity index (χ2v) is 10.6. The van der Waals surface area contributed by atoms with Gasteiger partial charge < -0.3 is 19.5 Å². The van der Waals surface area contributed by atoms with Gasteiger partial charge in [-0.05, 0) is 76.6 Å². The van der Waals surface area contributed by atoms with Gasteiger partial charge in [0.05, 0.1) is 47.3 Å². The molecule has 12 heteroatoms. The molecule has 1 heterocycles. The number of carbonyl (C=O) groups is 4. The summed E-state index contributed by atoms with van der Waals surface area (Å²) in [6.45, 7) is 8.79. The maximum Gasteiger partial charge on any atom is 0.338 e. The minimum atomic E-state index is -4.26. The smallest absolute Gasteiger partial charge is 0.338 e. The van der Waals surface area contributed by atoms with E-state index in [2.05, 4.69) is 5.32 Å². The number of amides is 1. The highest BCUT2D eigenvalue weighted by Crippen LogP contribution is 2.39. The zero-order valence-electron chi connectivity index (χ0n) is 23.4. The molecule has 0 unspecified atom stereocenters. The average Bonchev–Trinajstić information content (AvgIpc) is 2.93. The van der Waals surface area contributed by atoms with Crippen LogP contribution in [0.15, 0.2) is 76.0 Å². The maximum absolute atomic E-state index is 12.9. The molecule has 1 aliphatic rings. The molecule has 2 aromatic carbocycles. The van der Waals surface area contributed by atoms with Crippen molar-refractivity contribution in [3.8, 4) is 0 Å². The van der Waals surface area contributed by atoms with Gasteiger partial charge in [0.2, 0.25) is 0 Å². The predicted octanol–water partition coefficient (Wildman–Crippen LogP) is 3.34. The Hall–Kier alpha value is -4.45. The highest BCUT2D eigenvalue weighted by atomic mass is 32.2. The maximum atomic E-state index is 12.9. The van der Waals surface area contributed by atoms with Crippen LogP contribution in [0.1, 0.15) is 66.8 Å². The van der Waals surface area contributed by atoms with Gasteiger partial charge in [0.15, 0.2) is 0 Å². The Bertz CT molecular complexity index is 1470. The van der Waals surface area contributed by atoms with Crippen LogP contribution in [0.5, 0.6) is 0 Å². The van der Waals surface area contributed by atoms with Gasteiger partial charge >= 0.3 is 17.9 Å². The number of sulfonamides is 1. The third-order valence-corrected chi connectivity index (χ3v) is 7.51.